The first kappa shape index (κ1) is 13.6. The maximum atomic E-state index is 12.8. The molecule has 0 aromatic heterocycles. The number of nitrogens with zero attached hydrogens (tertiary/aromatic N) is 1. The van der Waals surface area contributed by atoms with Crippen molar-refractivity contribution in [3.8, 4) is 6.07 Å². The van der Waals surface area contributed by atoms with Crippen LogP contribution in [-0.2, 0) is 4.74 Å². The maximum absolute atomic E-state index is 12.8. The van der Waals surface area contributed by atoms with Crippen molar-refractivity contribution in [1.29, 1.82) is 5.26 Å². The highest BCUT2D eigenvalue weighted by Crippen LogP contribution is 2.30. The fraction of sp³-hybridized carbons (Fsp3) is 0.273. The maximum Gasteiger partial charge on any atom is 0.339 e. The minimum absolute atomic E-state index is 0.0558. The van der Waals surface area contributed by atoms with E-state index in [9.17, 15) is 13.6 Å². The molecule has 1 aromatic rings. The molecule has 0 N–H and O–H groups in total. The minimum Gasteiger partial charge on any atom is -0.462 e. The fourth-order valence-electron chi connectivity index (χ4n) is 1.28. The van der Waals surface area contributed by atoms with Crippen molar-refractivity contribution in [2.45, 2.75) is 13.3 Å². The van der Waals surface area contributed by atoms with Gasteiger partial charge in [0.05, 0.1) is 23.8 Å². The van der Waals surface area contributed by atoms with Crippen LogP contribution in [0.4, 0.5) is 8.78 Å². The van der Waals surface area contributed by atoms with Crippen molar-refractivity contribution >= 4 is 21.9 Å². The summed E-state index contributed by atoms with van der Waals surface area (Å²) in [6.45, 7) is 1.67. The molecule has 0 radical (unpaired) electrons. The molecule has 0 unspecified atom stereocenters. The number of carbonyl (C=O) groups excluding carboxylic acids is 1. The van der Waals surface area contributed by atoms with E-state index >= 15 is 0 Å². The van der Waals surface area contributed by atoms with Crippen LogP contribution in [0.3, 0.4) is 0 Å². The van der Waals surface area contributed by atoms with Gasteiger partial charge in [-0.1, -0.05) is 0 Å². The van der Waals surface area contributed by atoms with Gasteiger partial charge in [0.2, 0.25) is 0 Å². The van der Waals surface area contributed by atoms with Gasteiger partial charge in [0.1, 0.15) is 0 Å². The molecule has 0 amide bonds. The Morgan fingerprint density at radius 2 is 2.24 bits per heavy atom. The van der Waals surface area contributed by atoms with E-state index in [1.807, 2.05) is 0 Å². The Morgan fingerprint density at radius 3 is 2.71 bits per heavy atom. The van der Waals surface area contributed by atoms with E-state index in [1.165, 1.54) is 6.07 Å². The van der Waals surface area contributed by atoms with Gasteiger partial charge in [0, 0.05) is 10.0 Å². The largest absolute Gasteiger partial charge is 0.462 e. The van der Waals surface area contributed by atoms with E-state index in [0.29, 0.717) is 0 Å². The van der Waals surface area contributed by atoms with Gasteiger partial charge in [0.15, 0.2) is 0 Å². The Bertz CT molecular complexity index is 483. The van der Waals surface area contributed by atoms with Crippen molar-refractivity contribution in [2.75, 3.05) is 6.61 Å². The topological polar surface area (TPSA) is 50.1 Å². The van der Waals surface area contributed by atoms with Gasteiger partial charge < -0.3 is 4.74 Å². The van der Waals surface area contributed by atoms with Crippen LogP contribution in [0.2, 0.25) is 0 Å². The molecule has 0 bridgehead atoms. The third-order valence-corrected chi connectivity index (χ3v) is 2.59. The number of rotatable bonds is 3. The van der Waals surface area contributed by atoms with Crippen molar-refractivity contribution < 1.29 is 18.3 Å². The second-order valence-electron chi connectivity index (χ2n) is 3.06. The summed E-state index contributed by atoms with van der Waals surface area (Å²) in [6, 6.07) is 4.04. The Morgan fingerprint density at radius 1 is 1.59 bits per heavy atom. The molecule has 0 saturated carbocycles. The van der Waals surface area contributed by atoms with Crippen molar-refractivity contribution in [2.24, 2.45) is 0 Å². The molecule has 0 atom stereocenters. The summed E-state index contributed by atoms with van der Waals surface area (Å²) in [5.41, 5.74) is -0.685. The monoisotopic (exact) mass is 303 g/mol. The van der Waals surface area contributed by atoms with Crippen LogP contribution in [0.25, 0.3) is 0 Å². The van der Waals surface area contributed by atoms with Crippen LogP contribution >= 0.6 is 15.9 Å². The Labute approximate surface area is 105 Å². The molecular formula is C11H8BrF2NO2. The SMILES string of the molecule is CCOC(=O)c1c(Br)cc(C#N)cc1C(F)F. The van der Waals surface area contributed by atoms with Crippen LogP contribution in [0, 0.1) is 11.3 Å². The number of carbonyl (C=O) groups is 1. The lowest BCUT2D eigenvalue weighted by atomic mass is 10.0. The Hall–Kier alpha value is -1.48. The summed E-state index contributed by atoms with van der Waals surface area (Å²) in [5, 5.41) is 8.67. The van der Waals surface area contributed by atoms with Gasteiger partial charge in [-0.25, -0.2) is 13.6 Å². The molecule has 1 aromatic carbocycles. The summed E-state index contributed by atoms with van der Waals surface area (Å²) in [4.78, 5) is 11.5. The lowest BCUT2D eigenvalue weighted by Gasteiger charge is -2.10. The third kappa shape index (κ3) is 3.01. The van der Waals surface area contributed by atoms with Crippen molar-refractivity contribution in [3.63, 3.8) is 0 Å². The molecule has 17 heavy (non-hydrogen) atoms. The van der Waals surface area contributed by atoms with Crippen LogP contribution in [-0.4, -0.2) is 12.6 Å². The molecule has 3 nitrogen and oxygen atoms in total. The normalized spacial score (nSPS) is 10.1. The summed E-state index contributed by atoms with van der Waals surface area (Å²) < 4.78 is 30.4. The molecule has 0 aliphatic carbocycles. The van der Waals surface area contributed by atoms with Crippen molar-refractivity contribution in [1.82, 2.24) is 0 Å². The molecule has 0 fully saturated rings. The Balaban J connectivity index is 3.37. The quantitative estimate of drug-likeness (QED) is 0.804. The molecule has 90 valence electrons. The summed E-state index contributed by atoms with van der Waals surface area (Å²) >= 11 is 2.99. The van der Waals surface area contributed by atoms with E-state index in [4.69, 9.17) is 5.26 Å². The lowest BCUT2D eigenvalue weighted by molar-refractivity contribution is 0.0514. The van der Waals surface area contributed by atoms with Crippen LogP contribution in [0.1, 0.15) is 34.8 Å². The van der Waals surface area contributed by atoms with Gasteiger partial charge in [-0.05, 0) is 35.0 Å². The second kappa shape index (κ2) is 5.73. The van der Waals surface area contributed by atoms with Gasteiger partial charge >= 0.3 is 5.97 Å². The van der Waals surface area contributed by atoms with E-state index in [0.717, 1.165) is 6.07 Å². The lowest BCUT2D eigenvalue weighted by Crippen LogP contribution is -2.10. The number of hydrogen-bond acceptors (Lipinski definition) is 3. The van der Waals surface area contributed by atoms with Gasteiger partial charge in [0.25, 0.3) is 6.43 Å². The summed E-state index contributed by atoms with van der Waals surface area (Å²) in [5.74, 6) is -0.834. The number of ether oxygens (including phenoxy) is 1. The molecule has 6 heteroatoms. The van der Waals surface area contributed by atoms with Crippen LogP contribution in [0.5, 0.6) is 0 Å². The molecule has 0 heterocycles. The molecule has 1 rings (SSSR count). The highest BCUT2D eigenvalue weighted by molar-refractivity contribution is 9.10. The minimum atomic E-state index is -2.85. The zero-order chi connectivity index (χ0) is 13.0. The average Bonchev–Trinajstić information content (AvgIpc) is 2.27. The highest BCUT2D eigenvalue weighted by atomic mass is 79.9. The number of benzene rings is 1. The fourth-order valence-corrected chi connectivity index (χ4v) is 1.92. The zero-order valence-electron chi connectivity index (χ0n) is 8.84. The van der Waals surface area contributed by atoms with Gasteiger partial charge in [-0.3, -0.25) is 0 Å². The van der Waals surface area contributed by atoms with E-state index in [1.54, 1.807) is 13.0 Å². The molecule has 0 aliphatic heterocycles. The highest BCUT2D eigenvalue weighted by Gasteiger charge is 2.23. The van der Waals surface area contributed by atoms with Gasteiger partial charge in [-0.2, -0.15) is 5.26 Å². The van der Waals surface area contributed by atoms with Crippen molar-refractivity contribution in [3.05, 3.63) is 33.3 Å². The molecule has 0 aliphatic rings. The number of hydrogen-bond donors (Lipinski definition) is 0. The number of nitriles is 1. The summed E-state index contributed by atoms with van der Waals surface area (Å²) in [6.07, 6.45) is -2.85. The predicted octanol–water partition coefficient (Wildman–Crippen LogP) is 3.44. The van der Waals surface area contributed by atoms with E-state index in [-0.39, 0.29) is 22.2 Å². The first-order valence-corrected chi connectivity index (χ1v) is 5.49. The number of esters is 1. The van der Waals surface area contributed by atoms with E-state index in [2.05, 4.69) is 20.7 Å². The Kier molecular flexibility index (Phi) is 4.58. The third-order valence-electron chi connectivity index (χ3n) is 1.96. The smallest absolute Gasteiger partial charge is 0.339 e. The molecule has 0 saturated heterocycles. The first-order valence-electron chi connectivity index (χ1n) is 4.70. The number of alkyl halides is 2. The van der Waals surface area contributed by atoms with Crippen LogP contribution in [0.15, 0.2) is 16.6 Å². The first-order chi connectivity index (χ1) is 8.01. The second-order valence-corrected chi connectivity index (χ2v) is 3.91. The average molecular weight is 304 g/mol. The zero-order valence-corrected chi connectivity index (χ0v) is 10.4. The molecule has 0 spiro atoms. The van der Waals surface area contributed by atoms with Gasteiger partial charge in [-0.15, -0.1) is 0 Å². The molecular weight excluding hydrogens is 296 g/mol. The van der Waals surface area contributed by atoms with E-state index < -0.39 is 18.0 Å². The van der Waals surface area contributed by atoms with Crippen LogP contribution < -0.4 is 0 Å². The standard InChI is InChI=1S/C11H8BrF2NO2/c1-2-17-11(16)9-7(10(13)14)3-6(5-15)4-8(9)12/h3-4,10H,2H2,1H3. The summed E-state index contributed by atoms with van der Waals surface area (Å²) in [7, 11) is 0. The number of halogens is 3. The predicted molar refractivity (Wildman–Crippen MR) is 59.8 cm³/mol.